The first-order chi connectivity index (χ1) is 5.81. The summed E-state index contributed by atoms with van der Waals surface area (Å²) < 4.78 is 0. The van der Waals surface area contributed by atoms with Gasteiger partial charge in [0.1, 0.15) is 0 Å². The molecule has 0 aromatic carbocycles. The van der Waals surface area contributed by atoms with Crippen molar-refractivity contribution in [1.82, 2.24) is 0 Å². The van der Waals surface area contributed by atoms with Gasteiger partial charge < -0.3 is 18.2 Å². The maximum absolute atomic E-state index is 8.29. The molecule has 0 atom stereocenters. The van der Waals surface area contributed by atoms with Gasteiger partial charge in [-0.25, -0.2) is 5.26 Å². The first kappa shape index (κ1) is 18.6. The van der Waals surface area contributed by atoms with E-state index in [1.807, 2.05) is 19.9 Å². The molecule has 0 amide bonds. The van der Waals surface area contributed by atoms with E-state index in [9.17, 15) is 0 Å². The Hall–Kier alpha value is -0.186. The average molecular weight is 250 g/mol. The maximum atomic E-state index is 8.29. The quantitative estimate of drug-likeness (QED) is 0.419. The summed E-state index contributed by atoms with van der Waals surface area (Å²) >= 11 is 0. The third-order valence-corrected chi connectivity index (χ3v) is 0.822. The van der Waals surface area contributed by atoms with E-state index in [0.29, 0.717) is 5.57 Å². The molecular formula is C11H15NY-2. The predicted molar refractivity (Wildman–Crippen MR) is 52.0 cm³/mol. The minimum Gasteiger partial charge on any atom is -0.346 e. The molecule has 0 fully saturated rings. The Labute approximate surface area is 107 Å². The van der Waals surface area contributed by atoms with Gasteiger partial charge in [0.2, 0.25) is 0 Å². The molecule has 2 heteroatoms. The summed E-state index contributed by atoms with van der Waals surface area (Å²) in [5, 5.41) is 8.29. The molecule has 0 aliphatic heterocycles. The molecule has 0 aromatic rings. The molecule has 0 aliphatic carbocycles. The van der Waals surface area contributed by atoms with E-state index in [4.69, 9.17) is 5.26 Å². The smallest absolute Gasteiger partial charge is 0.0273 e. The topological polar surface area (TPSA) is 23.8 Å². The Bertz CT molecular complexity index is 207. The Morgan fingerprint density at radius 3 is 2.23 bits per heavy atom. The summed E-state index contributed by atoms with van der Waals surface area (Å²) in [4.78, 5) is 0. The van der Waals surface area contributed by atoms with Crippen LogP contribution in [0.3, 0.4) is 0 Å². The molecule has 0 heterocycles. The summed E-state index contributed by atoms with van der Waals surface area (Å²) in [6.07, 6.45) is 10.7. The third-order valence-electron chi connectivity index (χ3n) is 0.822. The summed E-state index contributed by atoms with van der Waals surface area (Å²) in [5.41, 5.74) is 0.653. The predicted octanol–water partition coefficient (Wildman–Crippen LogP) is 3.22. The largest absolute Gasteiger partial charge is 0.346 e. The van der Waals surface area contributed by atoms with Crippen LogP contribution in [0.25, 0.3) is 0 Å². The average Bonchev–Trinajstić information content (AvgIpc) is 2.15. The second kappa shape index (κ2) is 17.8. The van der Waals surface area contributed by atoms with E-state index in [0.717, 1.165) is 0 Å². The number of nitrogens with zero attached hydrogens (tertiary/aromatic N) is 1. The fourth-order valence-corrected chi connectivity index (χ4v) is 0.337. The van der Waals surface area contributed by atoms with Crippen molar-refractivity contribution in [3.63, 3.8) is 0 Å². The van der Waals surface area contributed by atoms with E-state index in [1.165, 1.54) is 0 Å². The van der Waals surface area contributed by atoms with Crippen molar-refractivity contribution in [2.45, 2.75) is 27.7 Å². The fraction of sp³-hybridized carbons (Fsp3) is 0.364. The van der Waals surface area contributed by atoms with Crippen LogP contribution in [-0.2, 0) is 32.7 Å². The molecule has 0 bridgehead atoms. The summed E-state index contributed by atoms with van der Waals surface area (Å²) in [6, 6.07) is 1.99. The summed E-state index contributed by atoms with van der Waals surface area (Å²) in [7, 11) is 0. The van der Waals surface area contributed by atoms with Crippen molar-refractivity contribution in [3.05, 3.63) is 36.0 Å². The Kier molecular flexibility index (Phi) is 25.4. The van der Waals surface area contributed by atoms with Gasteiger partial charge in [-0.05, 0) is 0 Å². The number of rotatable bonds is 2. The SMILES string of the molecule is CC.C[C-]=CC=[C-]/C=C(/C)C#N.[Y]. The van der Waals surface area contributed by atoms with Crippen molar-refractivity contribution in [2.24, 2.45) is 0 Å². The van der Waals surface area contributed by atoms with Crippen LogP contribution in [0.1, 0.15) is 27.7 Å². The first-order valence-electron chi connectivity index (χ1n) is 3.96. The molecule has 1 nitrogen and oxygen atoms in total. The van der Waals surface area contributed by atoms with Crippen LogP contribution >= 0.6 is 0 Å². The third kappa shape index (κ3) is 18.6. The molecule has 0 saturated carbocycles. The van der Waals surface area contributed by atoms with Crippen LogP contribution in [0.5, 0.6) is 0 Å². The van der Waals surface area contributed by atoms with Gasteiger partial charge in [-0.2, -0.15) is 6.08 Å². The second-order valence-corrected chi connectivity index (χ2v) is 1.73. The molecule has 13 heavy (non-hydrogen) atoms. The van der Waals surface area contributed by atoms with Gasteiger partial charge in [0.25, 0.3) is 0 Å². The zero-order chi connectivity index (χ0) is 9.82. The number of nitriles is 1. The van der Waals surface area contributed by atoms with E-state index >= 15 is 0 Å². The molecule has 0 spiro atoms. The minimum atomic E-state index is 0. The molecule has 0 saturated heterocycles. The standard InChI is InChI=1S/C9H9N.C2H6.Y/c1-3-4-5-6-7-9(2)8-10;1-2;/h4-5,7H,1-2H3;1-2H3;/q-2;;/b9-7-;;. The zero-order valence-corrected chi connectivity index (χ0v) is 11.6. The van der Waals surface area contributed by atoms with Crippen molar-refractivity contribution >= 4 is 0 Å². The van der Waals surface area contributed by atoms with E-state index < -0.39 is 0 Å². The zero-order valence-electron chi connectivity index (χ0n) is 8.76. The van der Waals surface area contributed by atoms with Gasteiger partial charge in [-0.3, -0.25) is 6.08 Å². The fourth-order valence-electron chi connectivity index (χ4n) is 0.337. The molecule has 0 aromatic heterocycles. The monoisotopic (exact) mass is 250 g/mol. The van der Waals surface area contributed by atoms with E-state index in [2.05, 4.69) is 12.2 Å². The summed E-state index contributed by atoms with van der Waals surface area (Å²) in [5.74, 6) is 0. The van der Waals surface area contributed by atoms with Gasteiger partial charge in [0, 0.05) is 38.8 Å². The van der Waals surface area contributed by atoms with Crippen molar-refractivity contribution in [2.75, 3.05) is 0 Å². The van der Waals surface area contributed by atoms with Crippen LogP contribution < -0.4 is 0 Å². The normalized spacial score (nSPS) is 10.2. The number of hydrogen-bond donors (Lipinski definition) is 0. The Balaban J connectivity index is -0.000000309. The first-order valence-corrected chi connectivity index (χ1v) is 3.96. The Morgan fingerprint density at radius 1 is 1.31 bits per heavy atom. The number of hydrogen-bond acceptors (Lipinski definition) is 1. The van der Waals surface area contributed by atoms with Gasteiger partial charge in [0.15, 0.2) is 0 Å². The van der Waals surface area contributed by atoms with Gasteiger partial charge >= 0.3 is 0 Å². The van der Waals surface area contributed by atoms with Gasteiger partial charge in [0.05, 0.1) is 0 Å². The van der Waals surface area contributed by atoms with Gasteiger partial charge in [-0.15, -0.1) is 6.92 Å². The molecule has 0 rings (SSSR count). The van der Waals surface area contributed by atoms with E-state index in [-0.39, 0.29) is 32.7 Å². The minimum absolute atomic E-state index is 0. The molecule has 69 valence electrons. The molecule has 0 aliphatic rings. The van der Waals surface area contributed by atoms with Crippen molar-refractivity contribution in [3.8, 4) is 6.07 Å². The van der Waals surface area contributed by atoms with Crippen LogP contribution in [0.4, 0.5) is 0 Å². The van der Waals surface area contributed by atoms with Crippen molar-refractivity contribution < 1.29 is 32.7 Å². The van der Waals surface area contributed by atoms with Crippen LogP contribution in [0, 0.1) is 23.5 Å². The van der Waals surface area contributed by atoms with Crippen molar-refractivity contribution in [1.29, 1.82) is 5.26 Å². The second-order valence-electron chi connectivity index (χ2n) is 1.73. The van der Waals surface area contributed by atoms with Crippen LogP contribution in [0.15, 0.2) is 23.8 Å². The molecule has 0 N–H and O–H groups in total. The van der Waals surface area contributed by atoms with Crippen LogP contribution in [0.2, 0.25) is 0 Å². The molecule has 1 radical (unpaired) electrons. The number of allylic oxidation sites excluding steroid dienone is 6. The molecular weight excluding hydrogens is 235 g/mol. The summed E-state index contributed by atoms with van der Waals surface area (Å²) in [6.45, 7) is 7.54. The maximum Gasteiger partial charge on any atom is 0.0273 e. The van der Waals surface area contributed by atoms with Crippen LogP contribution in [-0.4, -0.2) is 0 Å². The molecule has 0 unspecified atom stereocenters. The van der Waals surface area contributed by atoms with E-state index in [1.54, 1.807) is 32.1 Å². The van der Waals surface area contributed by atoms with Gasteiger partial charge in [-0.1, -0.05) is 26.3 Å². The Morgan fingerprint density at radius 2 is 1.85 bits per heavy atom.